The lowest BCUT2D eigenvalue weighted by atomic mass is 10.1. The van der Waals surface area contributed by atoms with Gasteiger partial charge in [-0.05, 0) is 66.2 Å². The molecule has 1 unspecified atom stereocenters. The fraction of sp³-hybridized carbons (Fsp3) is 0. The Morgan fingerprint density at radius 1 is 0.897 bits per heavy atom. The second-order valence-corrected chi connectivity index (χ2v) is 8.32. The third-order valence-electron chi connectivity index (χ3n) is 3.91. The molecule has 144 valence electrons. The second kappa shape index (κ2) is 9.82. The van der Waals surface area contributed by atoms with Crippen molar-refractivity contribution in [3.63, 3.8) is 0 Å². The van der Waals surface area contributed by atoms with Crippen LogP contribution in [0.4, 0.5) is 17.1 Å². The highest BCUT2D eigenvalue weighted by molar-refractivity contribution is 9.10. The molecule has 0 bridgehead atoms. The van der Waals surface area contributed by atoms with Crippen molar-refractivity contribution in [2.75, 3.05) is 4.90 Å². The molecule has 0 amide bonds. The van der Waals surface area contributed by atoms with Crippen molar-refractivity contribution in [1.29, 1.82) is 5.26 Å². The van der Waals surface area contributed by atoms with Crippen LogP contribution in [0, 0.1) is 11.3 Å². The van der Waals surface area contributed by atoms with Gasteiger partial charge in [-0.25, -0.2) is 4.52 Å². The van der Waals surface area contributed by atoms with Crippen molar-refractivity contribution in [2.45, 2.75) is 0 Å². The van der Waals surface area contributed by atoms with E-state index in [1.165, 1.54) is 6.08 Å². The van der Waals surface area contributed by atoms with E-state index >= 15 is 0 Å². The van der Waals surface area contributed by atoms with Crippen LogP contribution < -0.4 is 4.90 Å². The predicted octanol–water partition coefficient (Wildman–Crippen LogP) is 7.21. The third kappa shape index (κ3) is 5.75. The van der Waals surface area contributed by atoms with Crippen LogP contribution in [0.3, 0.4) is 0 Å². The minimum atomic E-state index is -2.88. The van der Waals surface area contributed by atoms with Crippen molar-refractivity contribution in [1.82, 2.24) is 0 Å². The van der Waals surface area contributed by atoms with Gasteiger partial charge in [0, 0.05) is 36.6 Å². The van der Waals surface area contributed by atoms with Gasteiger partial charge in [-0.3, -0.25) is 0 Å². The summed E-state index contributed by atoms with van der Waals surface area (Å²) < 4.78 is 17.4. The van der Waals surface area contributed by atoms with Crippen LogP contribution >= 0.6 is 40.1 Å². The zero-order valence-electron chi connectivity index (χ0n) is 14.9. The van der Waals surface area contributed by atoms with Crippen LogP contribution in [0.2, 0.25) is 0 Å². The summed E-state index contributed by atoms with van der Waals surface area (Å²) in [5.41, 5.74) is 3.56. The van der Waals surface area contributed by atoms with Crippen molar-refractivity contribution >= 4 is 63.3 Å². The summed E-state index contributed by atoms with van der Waals surface area (Å²) in [5, 5.41) is 9.02. The molecule has 3 rings (SSSR count). The van der Waals surface area contributed by atoms with Gasteiger partial charge in [0.05, 0.1) is 0 Å². The minimum Gasteiger partial charge on any atom is -0.311 e. The first-order valence-electron chi connectivity index (χ1n) is 8.33. The van der Waals surface area contributed by atoms with Crippen molar-refractivity contribution < 1.29 is 14.0 Å². The lowest BCUT2D eigenvalue weighted by Gasteiger charge is -2.25. The van der Waals surface area contributed by atoms with Gasteiger partial charge in [0.25, 0.3) is 5.76 Å². The summed E-state index contributed by atoms with van der Waals surface area (Å²) in [6.07, 6.45) is 1.41. The van der Waals surface area contributed by atoms with Crippen molar-refractivity contribution in [3.05, 3.63) is 93.1 Å². The van der Waals surface area contributed by atoms with Gasteiger partial charge >= 0.3 is 8.25 Å². The van der Waals surface area contributed by atoms with E-state index in [2.05, 4.69) is 41.3 Å². The maximum Gasteiger partial charge on any atom is 0.748 e. The molecule has 3 aromatic carbocycles. The van der Waals surface area contributed by atoms with E-state index in [9.17, 15) is 4.57 Å². The summed E-state index contributed by atoms with van der Waals surface area (Å²) in [7, 11) is -2.88. The zero-order valence-corrected chi connectivity index (χ0v) is 18.9. The summed E-state index contributed by atoms with van der Waals surface area (Å²) in [5.74, 6) is -0.223. The number of halogens is 2. The molecule has 0 radical (unpaired) electrons. The molecule has 8 heteroatoms. The van der Waals surface area contributed by atoms with Crippen molar-refractivity contribution in [3.8, 4) is 6.07 Å². The molecule has 0 saturated heterocycles. The topological polar surface area (TPSA) is 73.6 Å². The Balaban J connectivity index is 1.99. The number of hydrogen-bond donors (Lipinski definition) is 1. The van der Waals surface area contributed by atoms with E-state index in [-0.39, 0.29) is 5.76 Å². The first-order valence-corrected chi connectivity index (χ1v) is 11.0. The molecule has 0 aliphatic carbocycles. The van der Waals surface area contributed by atoms with Crippen LogP contribution in [0.5, 0.6) is 0 Å². The standard InChI is InChI=1S/C21H13Br2N2O3P/c22-16-3-9-19(10-4-16)25(20-11-5-17(23)6-12-20)18-7-1-15(2-8-18)13-21(14-24)28-29(26)27/h1-13H/p+1. The molecule has 0 aromatic heterocycles. The SMILES string of the molecule is N#CC(=Cc1ccc(N(c2ccc(Br)cc2)c2ccc(Br)cc2)cc1)O[P+](=O)O. The maximum atomic E-state index is 10.8. The van der Waals surface area contributed by atoms with Gasteiger partial charge in [-0.1, -0.05) is 44.0 Å². The van der Waals surface area contributed by atoms with Crippen LogP contribution in [-0.4, -0.2) is 4.89 Å². The molecule has 0 spiro atoms. The van der Waals surface area contributed by atoms with Gasteiger partial charge < -0.3 is 4.90 Å². The Labute approximate surface area is 186 Å². The smallest absolute Gasteiger partial charge is 0.311 e. The van der Waals surface area contributed by atoms with E-state index < -0.39 is 8.25 Å². The molecule has 0 aliphatic rings. The lowest BCUT2D eigenvalue weighted by molar-refractivity contribution is 0.365. The molecule has 29 heavy (non-hydrogen) atoms. The highest BCUT2D eigenvalue weighted by atomic mass is 79.9. The summed E-state index contributed by atoms with van der Waals surface area (Å²) >= 11 is 6.93. The average Bonchev–Trinajstić information content (AvgIpc) is 2.71. The van der Waals surface area contributed by atoms with E-state index in [1.807, 2.05) is 72.8 Å². The molecular weight excluding hydrogens is 519 g/mol. The van der Waals surface area contributed by atoms with E-state index in [1.54, 1.807) is 6.07 Å². The fourth-order valence-corrected chi connectivity index (χ4v) is 3.45. The molecule has 0 saturated carbocycles. The van der Waals surface area contributed by atoms with Crippen LogP contribution in [0.15, 0.2) is 87.5 Å². The third-order valence-corrected chi connectivity index (χ3v) is 5.32. The molecular formula is C21H14Br2N2O3P+. The Morgan fingerprint density at radius 2 is 1.31 bits per heavy atom. The highest BCUT2D eigenvalue weighted by Gasteiger charge is 2.17. The minimum absolute atomic E-state index is 0.223. The van der Waals surface area contributed by atoms with E-state index in [4.69, 9.17) is 10.2 Å². The zero-order chi connectivity index (χ0) is 20.8. The summed E-state index contributed by atoms with van der Waals surface area (Å²) in [4.78, 5) is 10.9. The van der Waals surface area contributed by atoms with Crippen LogP contribution in [-0.2, 0) is 9.09 Å². The summed E-state index contributed by atoms with van der Waals surface area (Å²) in [6, 6.07) is 25.2. The first kappa shape index (κ1) is 21.2. The monoisotopic (exact) mass is 531 g/mol. The van der Waals surface area contributed by atoms with E-state index in [0.717, 1.165) is 26.0 Å². The predicted molar refractivity (Wildman–Crippen MR) is 121 cm³/mol. The molecule has 1 atom stereocenters. The Kier molecular flexibility index (Phi) is 7.18. The Hall–Kier alpha value is -2.49. The number of anilines is 3. The van der Waals surface area contributed by atoms with Gasteiger partial charge in [0.15, 0.2) is 0 Å². The maximum absolute atomic E-state index is 10.8. The Bertz CT molecular complexity index is 1030. The van der Waals surface area contributed by atoms with Gasteiger partial charge in [0.2, 0.25) is 0 Å². The van der Waals surface area contributed by atoms with Gasteiger partial charge in [-0.2, -0.15) is 5.26 Å². The van der Waals surface area contributed by atoms with Crippen LogP contribution in [0.1, 0.15) is 5.56 Å². The molecule has 0 aliphatic heterocycles. The van der Waals surface area contributed by atoms with E-state index in [0.29, 0.717) is 5.56 Å². The normalized spacial score (nSPS) is 11.5. The fourth-order valence-electron chi connectivity index (χ4n) is 2.66. The van der Waals surface area contributed by atoms with Crippen molar-refractivity contribution in [2.24, 2.45) is 0 Å². The van der Waals surface area contributed by atoms with Gasteiger partial charge in [-0.15, -0.1) is 4.89 Å². The molecule has 1 N–H and O–H groups in total. The molecule has 0 heterocycles. The number of hydrogen-bond acceptors (Lipinski definition) is 4. The summed E-state index contributed by atoms with van der Waals surface area (Å²) in [6.45, 7) is 0. The lowest BCUT2D eigenvalue weighted by Crippen LogP contribution is -2.09. The number of nitrogens with zero attached hydrogens (tertiary/aromatic N) is 2. The molecule has 5 nitrogen and oxygen atoms in total. The van der Waals surface area contributed by atoms with Gasteiger partial charge in [0.1, 0.15) is 6.07 Å². The quantitative estimate of drug-likeness (QED) is 0.206. The number of benzene rings is 3. The Morgan fingerprint density at radius 3 is 1.69 bits per heavy atom. The highest BCUT2D eigenvalue weighted by Crippen LogP contribution is 2.36. The number of allylic oxidation sites excluding steroid dienone is 1. The number of rotatable bonds is 6. The first-order chi connectivity index (χ1) is 14.0. The molecule has 0 fully saturated rings. The second-order valence-electron chi connectivity index (χ2n) is 5.83. The van der Waals surface area contributed by atoms with Crippen LogP contribution in [0.25, 0.3) is 6.08 Å². The molecule has 3 aromatic rings. The number of nitriles is 1. The largest absolute Gasteiger partial charge is 0.748 e. The average molecular weight is 533 g/mol.